The van der Waals surface area contributed by atoms with Gasteiger partial charge in [-0.1, -0.05) is 84.0 Å². The highest BCUT2D eigenvalue weighted by molar-refractivity contribution is 6.60. The van der Waals surface area contributed by atoms with Crippen molar-refractivity contribution in [1.29, 1.82) is 0 Å². The number of unbranched alkanes of at least 4 members (excludes halogenated alkanes) is 15. The van der Waals surface area contributed by atoms with Gasteiger partial charge >= 0.3 is 8.80 Å². The summed E-state index contributed by atoms with van der Waals surface area (Å²) in [6.45, 7) is 5.00. The Morgan fingerprint density at radius 2 is 0.812 bits per heavy atom. The fourth-order valence-electron chi connectivity index (χ4n) is 4.46. The summed E-state index contributed by atoms with van der Waals surface area (Å²) in [5.41, 5.74) is 0. The van der Waals surface area contributed by atoms with Crippen molar-refractivity contribution in [3.63, 3.8) is 0 Å². The molecule has 0 unspecified atom stereocenters. The molecule has 0 saturated heterocycles. The molecule has 0 N–H and O–H groups in total. The Bertz CT molecular complexity index is 374. The highest BCUT2D eigenvalue weighted by atomic mass is 35.5. The fraction of sp³-hybridized carbons (Fsp3) is 1.00. The molecule has 0 radical (unpaired) electrons. The largest absolute Gasteiger partial charge is 1.00 e. The molecule has 0 saturated carbocycles. The Morgan fingerprint density at radius 3 is 1.16 bits per heavy atom. The zero-order chi connectivity index (χ0) is 23.3. The number of hydrogen-bond donors (Lipinski definition) is 0. The monoisotopic (exact) mass is 495 g/mol. The molecule has 0 fully saturated rings. The van der Waals surface area contributed by atoms with E-state index in [-0.39, 0.29) is 12.4 Å². The number of nitrogens with zero attached hydrogens (tertiary/aromatic N) is 1. The molecule has 0 bridgehead atoms. The van der Waals surface area contributed by atoms with Crippen molar-refractivity contribution in [2.45, 2.75) is 122 Å². The average Bonchev–Trinajstić information content (AvgIpc) is 2.77. The summed E-state index contributed by atoms with van der Waals surface area (Å²) in [4.78, 5) is 0. The third-order valence-electron chi connectivity index (χ3n) is 6.80. The second-order valence-corrected chi connectivity index (χ2v) is 13.2. The van der Waals surface area contributed by atoms with Crippen LogP contribution < -0.4 is 12.4 Å². The molecule has 4 nitrogen and oxygen atoms in total. The second kappa shape index (κ2) is 23.1. The van der Waals surface area contributed by atoms with Crippen molar-refractivity contribution in [1.82, 2.24) is 0 Å². The molecule has 196 valence electrons. The fourth-order valence-corrected chi connectivity index (χ4v) is 6.26. The molecule has 0 aromatic rings. The minimum absolute atomic E-state index is 0. The summed E-state index contributed by atoms with van der Waals surface area (Å²) >= 11 is 0. The van der Waals surface area contributed by atoms with Gasteiger partial charge in [-0.2, -0.15) is 0 Å². The maximum Gasteiger partial charge on any atom is 0.500 e. The Labute approximate surface area is 209 Å². The van der Waals surface area contributed by atoms with Crippen LogP contribution in [0.15, 0.2) is 0 Å². The standard InChI is InChI=1S/C26H58NO3Si.ClH/c1-7-8-9-10-11-15-18-21-24-27(2,3)25-22-19-16-13-12-14-17-20-23-26-31(28-4,29-5)30-6;/h7-26H2,1-6H3;1H/q+1;/p-1. The molecule has 0 aliphatic heterocycles. The van der Waals surface area contributed by atoms with Crippen molar-refractivity contribution in [3.8, 4) is 0 Å². The summed E-state index contributed by atoms with van der Waals surface area (Å²) in [7, 11) is 7.62. The Hall–Kier alpha value is 0.347. The van der Waals surface area contributed by atoms with Gasteiger partial charge in [-0.05, 0) is 32.1 Å². The van der Waals surface area contributed by atoms with E-state index in [0.29, 0.717) is 0 Å². The summed E-state index contributed by atoms with van der Waals surface area (Å²) in [5, 5.41) is 0. The van der Waals surface area contributed by atoms with Crippen molar-refractivity contribution < 1.29 is 30.2 Å². The molecule has 0 aromatic carbocycles. The molecule has 0 spiro atoms. The molecule has 0 heterocycles. The molecule has 6 heteroatoms. The van der Waals surface area contributed by atoms with Crippen molar-refractivity contribution in [3.05, 3.63) is 0 Å². The van der Waals surface area contributed by atoms with Gasteiger partial charge in [0.1, 0.15) is 0 Å². The lowest BCUT2D eigenvalue weighted by atomic mass is 10.1. The predicted molar refractivity (Wildman–Crippen MR) is 138 cm³/mol. The zero-order valence-electron chi connectivity index (χ0n) is 22.7. The quantitative estimate of drug-likeness (QED) is 0.111. The number of rotatable bonds is 24. The molecular weight excluding hydrogens is 438 g/mol. The van der Waals surface area contributed by atoms with Crippen LogP contribution in [-0.4, -0.2) is 61.8 Å². The van der Waals surface area contributed by atoms with Crippen LogP contribution >= 0.6 is 0 Å². The molecule has 32 heavy (non-hydrogen) atoms. The first-order valence-corrected chi connectivity index (χ1v) is 15.4. The van der Waals surface area contributed by atoms with E-state index in [1.54, 1.807) is 21.3 Å². The Kier molecular flexibility index (Phi) is 24.9. The molecule has 0 aliphatic rings. The van der Waals surface area contributed by atoms with E-state index in [0.717, 1.165) is 12.5 Å². The lowest BCUT2D eigenvalue weighted by Crippen LogP contribution is -3.00. The van der Waals surface area contributed by atoms with Gasteiger partial charge in [-0.25, -0.2) is 0 Å². The van der Waals surface area contributed by atoms with E-state index < -0.39 is 8.80 Å². The van der Waals surface area contributed by atoms with Crippen molar-refractivity contribution in [2.24, 2.45) is 0 Å². The van der Waals surface area contributed by atoms with Gasteiger partial charge in [-0.15, -0.1) is 0 Å². The maximum atomic E-state index is 5.48. The van der Waals surface area contributed by atoms with E-state index in [9.17, 15) is 0 Å². The van der Waals surface area contributed by atoms with Gasteiger partial charge in [0.25, 0.3) is 0 Å². The first-order chi connectivity index (χ1) is 14.9. The first kappa shape index (κ1) is 34.5. The summed E-state index contributed by atoms with van der Waals surface area (Å²) < 4.78 is 17.7. The summed E-state index contributed by atoms with van der Waals surface area (Å²) in [6, 6.07) is 0.934. The van der Waals surface area contributed by atoms with E-state index in [1.807, 2.05) is 0 Å². The average molecular weight is 496 g/mol. The van der Waals surface area contributed by atoms with Crippen LogP contribution in [0.3, 0.4) is 0 Å². The minimum Gasteiger partial charge on any atom is -1.00 e. The van der Waals surface area contributed by atoms with Gasteiger partial charge < -0.3 is 30.2 Å². The van der Waals surface area contributed by atoms with Crippen LogP contribution in [0.4, 0.5) is 0 Å². The van der Waals surface area contributed by atoms with Crippen LogP contribution in [0.5, 0.6) is 0 Å². The normalized spacial score (nSPS) is 12.2. The molecule has 0 aliphatic carbocycles. The van der Waals surface area contributed by atoms with Crippen molar-refractivity contribution >= 4 is 8.80 Å². The molecule has 0 rings (SSSR count). The van der Waals surface area contributed by atoms with Gasteiger partial charge in [0.15, 0.2) is 0 Å². The molecular formula is C26H58ClNO3Si. The highest BCUT2D eigenvalue weighted by Gasteiger charge is 2.36. The lowest BCUT2D eigenvalue weighted by molar-refractivity contribution is -0.890. The number of quaternary nitrogens is 1. The zero-order valence-corrected chi connectivity index (χ0v) is 24.4. The molecule has 0 aromatic heterocycles. The molecule has 0 atom stereocenters. The second-order valence-electron chi connectivity index (χ2n) is 10.1. The van der Waals surface area contributed by atoms with Gasteiger partial charge in [0.2, 0.25) is 0 Å². The third-order valence-corrected chi connectivity index (χ3v) is 9.63. The lowest BCUT2D eigenvalue weighted by Gasteiger charge is -2.30. The molecule has 0 amide bonds. The third kappa shape index (κ3) is 19.8. The number of halogens is 1. The summed E-state index contributed by atoms with van der Waals surface area (Å²) in [5.74, 6) is 0. The highest BCUT2D eigenvalue weighted by Crippen LogP contribution is 2.19. The SMILES string of the molecule is CCCCCCCCCC[N+](C)(C)CCCCCCCCCCC[Si](OC)(OC)OC.[Cl-]. The van der Waals surface area contributed by atoms with Crippen LogP contribution in [0.2, 0.25) is 6.04 Å². The first-order valence-electron chi connectivity index (χ1n) is 13.4. The van der Waals surface area contributed by atoms with Gasteiger partial charge in [0, 0.05) is 27.4 Å². The van der Waals surface area contributed by atoms with Gasteiger partial charge in [-0.3, -0.25) is 0 Å². The van der Waals surface area contributed by atoms with Crippen LogP contribution in [0, 0.1) is 0 Å². The van der Waals surface area contributed by atoms with Crippen LogP contribution in [0.25, 0.3) is 0 Å². The van der Waals surface area contributed by atoms with Crippen LogP contribution in [-0.2, 0) is 13.3 Å². The van der Waals surface area contributed by atoms with E-state index in [2.05, 4.69) is 21.0 Å². The van der Waals surface area contributed by atoms with E-state index in [4.69, 9.17) is 13.3 Å². The Balaban J connectivity index is 0. The predicted octanol–water partition coefficient (Wildman–Crippen LogP) is 4.60. The Morgan fingerprint density at radius 1 is 0.500 bits per heavy atom. The smallest absolute Gasteiger partial charge is 0.500 e. The number of hydrogen-bond acceptors (Lipinski definition) is 3. The minimum atomic E-state index is -2.34. The van der Waals surface area contributed by atoms with E-state index in [1.165, 1.54) is 120 Å². The van der Waals surface area contributed by atoms with E-state index >= 15 is 0 Å². The summed E-state index contributed by atoms with van der Waals surface area (Å²) in [6.07, 6.45) is 23.5. The maximum absolute atomic E-state index is 5.48. The van der Waals surface area contributed by atoms with Crippen LogP contribution in [0.1, 0.15) is 116 Å². The van der Waals surface area contributed by atoms with Crippen molar-refractivity contribution in [2.75, 3.05) is 48.5 Å². The van der Waals surface area contributed by atoms with Gasteiger partial charge in [0.05, 0.1) is 27.2 Å². The topological polar surface area (TPSA) is 27.7 Å².